The number of furan rings is 1. The van der Waals surface area contributed by atoms with E-state index < -0.39 is 5.97 Å². The third kappa shape index (κ3) is 4.77. The van der Waals surface area contributed by atoms with Crippen LogP contribution >= 0.6 is 0 Å². The van der Waals surface area contributed by atoms with Gasteiger partial charge in [0.05, 0.1) is 18.2 Å². The molecule has 0 bridgehead atoms. The summed E-state index contributed by atoms with van der Waals surface area (Å²) < 4.78 is 5.25. The second-order valence-corrected chi connectivity index (χ2v) is 5.27. The first kappa shape index (κ1) is 15.8. The second-order valence-electron chi connectivity index (χ2n) is 5.27. The lowest BCUT2D eigenvalue weighted by molar-refractivity contribution is -0.121. The summed E-state index contributed by atoms with van der Waals surface area (Å²) in [6, 6.07) is 10.2. The van der Waals surface area contributed by atoms with E-state index in [-0.39, 0.29) is 23.9 Å². The topological polar surface area (TPSA) is 79.5 Å². The van der Waals surface area contributed by atoms with Gasteiger partial charge in [0.15, 0.2) is 0 Å². The van der Waals surface area contributed by atoms with Gasteiger partial charge in [0.1, 0.15) is 5.76 Å². The molecule has 0 spiro atoms. The van der Waals surface area contributed by atoms with E-state index in [9.17, 15) is 9.59 Å². The molecule has 1 unspecified atom stereocenters. The molecule has 1 atom stereocenters. The average molecular weight is 301 g/mol. The molecule has 22 heavy (non-hydrogen) atoms. The van der Waals surface area contributed by atoms with Crippen molar-refractivity contribution in [2.45, 2.75) is 32.2 Å². The van der Waals surface area contributed by atoms with Crippen LogP contribution in [-0.4, -0.2) is 23.0 Å². The van der Waals surface area contributed by atoms with Crippen molar-refractivity contribution in [1.29, 1.82) is 0 Å². The summed E-state index contributed by atoms with van der Waals surface area (Å²) in [7, 11) is 0. The van der Waals surface area contributed by atoms with Gasteiger partial charge in [-0.05, 0) is 43.2 Å². The zero-order valence-electron chi connectivity index (χ0n) is 12.4. The minimum Gasteiger partial charge on any atom is -0.478 e. The van der Waals surface area contributed by atoms with Crippen LogP contribution < -0.4 is 5.32 Å². The van der Waals surface area contributed by atoms with Crippen LogP contribution in [0.15, 0.2) is 47.1 Å². The minimum atomic E-state index is -0.992. The van der Waals surface area contributed by atoms with Crippen molar-refractivity contribution in [2.75, 3.05) is 0 Å². The monoisotopic (exact) mass is 301 g/mol. The smallest absolute Gasteiger partial charge is 0.335 e. The van der Waals surface area contributed by atoms with E-state index in [1.165, 1.54) is 12.1 Å². The SMILES string of the molecule is CC(CCc1ccco1)NC(=O)Cc1cccc(C(=O)O)c1. The lowest BCUT2D eigenvalue weighted by Crippen LogP contribution is -2.34. The maximum Gasteiger partial charge on any atom is 0.335 e. The first-order valence-electron chi connectivity index (χ1n) is 7.18. The molecule has 0 aliphatic carbocycles. The van der Waals surface area contributed by atoms with Gasteiger partial charge in [-0.25, -0.2) is 4.79 Å². The summed E-state index contributed by atoms with van der Waals surface area (Å²) in [6.07, 6.45) is 3.36. The molecule has 0 saturated heterocycles. The van der Waals surface area contributed by atoms with Gasteiger partial charge in [0.2, 0.25) is 5.91 Å². The Morgan fingerprint density at radius 2 is 2.09 bits per heavy atom. The molecule has 0 saturated carbocycles. The second kappa shape index (κ2) is 7.45. The first-order valence-corrected chi connectivity index (χ1v) is 7.18. The van der Waals surface area contributed by atoms with Gasteiger partial charge in [0.25, 0.3) is 0 Å². The van der Waals surface area contributed by atoms with E-state index in [4.69, 9.17) is 9.52 Å². The van der Waals surface area contributed by atoms with Crippen LogP contribution in [0, 0.1) is 0 Å². The quantitative estimate of drug-likeness (QED) is 0.824. The molecule has 1 aromatic carbocycles. The van der Waals surface area contributed by atoms with E-state index in [2.05, 4.69) is 5.32 Å². The van der Waals surface area contributed by atoms with Crippen LogP contribution in [0.1, 0.15) is 35.0 Å². The van der Waals surface area contributed by atoms with Gasteiger partial charge >= 0.3 is 5.97 Å². The molecule has 5 nitrogen and oxygen atoms in total. The summed E-state index contributed by atoms with van der Waals surface area (Å²) in [5, 5.41) is 11.9. The van der Waals surface area contributed by atoms with E-state index in [1.807, 2.05) is 19.1 Å². The zero-order valence-corrected chi connectivity index (χ0v) is 12.4. The molecule has 1 heterocycles. The van der Waals surface area contributed by atoms with Crippen LogP contribution in [0.25, 0.3) is 0 Å². The molecule has 2 N–H and O–H groups in total. The molecular formula is C17H19NO4. The first-order chi connectivity index (χ1) is 10.5. The van der Waals surface area contributed by atoms with Crippen molar-refractivity contribution in [3.63, 3.8) is 0 Å². The summed E-state index contributed by atoms with van der Waals surface area (Å²) in [6.45, 7) is 1.94. The number of carboxylic acid groups (broad SMARTS) is 1. The van der Waals surface area contributed by atoms with Gasteiger partial charge < -0.3 is 14.8 Å². The van der Waals surface area contributed by atoms with Crippen molar-refractivity contribution in [3.05, 3.63) is 59.5 Å². The predicted octanol–water partition coefficient (Wildman–Crippen LogP) is 2.66. The summed E-state index contributed by atoms with van der Waals surface area (Å²) in [5.41, 5.74) is 0.881. The molecule has 2 rings (SSSR count). The Morgan fingerprint density at radius 1 is 1.27 bits per heavy atom. The standard InChI is InChI=1S/C17H19NO4/c1-12(7-8-15-6-3-9-22-15)18-16(19)11-13-4-2-5-14(10-13)17(20)21/h2-6,9-10,12H,7-8,11H2,1H3,(H,18,19)(H,20,21). The van der Waals surface area contributed by atoms with Crippen LogP contribution in [0.4, 0.5) is 0 Å². The van der Waals surface area contributed by atoms with Gasteiger partial charge in [-0.1, -0.05) is 12.1 Å². The fourth-order valence-corrected chi connectivity index (χ4v) is 2.21. The zero-order chi connectivity index (χ0) is 15.9. The Labute approximate surface area is 129 Å². The molecule has 2 aromatic rings. The largest absolute Gasteiger partial charge is 0.478 e. The molecule has 0 aliphatic heterocycles. The highest BCUT2D eigenvalue weighted by atomic mass is 16.4. The van der Waals surface area contributed by atoms with E-state index in [0.29, 0.717) is 5.56 Å². The number of benzene rings is 1. The molecule has 0 radical (unpaired) electrons. The normalized spacial score (nSPS) is 11.9. The van der Waals surface area contributed by atoms with E-state index in [0.717, 1.165) is 18.6 Å². The van der Waals surface area contributed by atoms with Crippen molar-refractivity contribution < 1.29 is 19.1 Å². The fraction of sp³-hybridized carbons (Fsp3) is 0.294. The van der Waals surface area contributed by atoms with E-state index >= 15 is 0 Å². The number of hydrogen-bond donors (Lipinski definition) is 2. The number of aryl methyl sites for hydroxylation is 1. The predicted molar refractivity (Wildman–Crippen MR) is 81.7 cm³/mol. The van der Waals surface area contributed by atoms with Gasteiger partial charge in [-0.15, -0.1) is 0 Å². The van der Waals surface area contributed by atoms with Gasteiger partial charge in [0, 0.05) is 12.5 Å². The number of carbonyl (C=O) groups excluding carboxylic acids is 1. The molecule has 0 aliphatic rings. The Morgan fingerprint density at radius 3 is 2.77 bits per heavy atom. The van der Waals surface area contributed by atoms with Crippen LogP contribution in [0.5, 0.6) is 0 Å². The molecule has 5 heteroatoms. The number of hydrogen-bond acceptors (Lipinski definition) is 3. The van der Waals surface area contributed by atoms with Gasteiger partial charge in [-0.2, -0.15) is 0 Å². The van der Waals surface area contributed by atoms with Crippen LogP contribution in [0.3, 0.4) is 0 Å². The maximum absolute atomic E-state index is 12.0. The number of carbonyl (C=O) groups is 2. The Bertz CT molecular complexity index is 634. The Hall–Kier alpha value is -2.56. The Balaban J connectivity index is 1.81. The van der Waals surface area contributed by atoms with Crippen molar-refractivity contribution in [2.24, 2.45) is 0 Å². The van der Waals surface area contributed by atoms with Crippen LogP contribution in [-0.2, 0) is 17.6 Å². The molecule has 0 fully saturated rings. The average Bonchev–Trinajstić information content (AvgIpc) is 2.98. The number of aromatic carboxylic acids is 1. The number of carboxylic acids is 1. The van der Waals surface area contributed by atoms with Crippen molar-refractivity contribution >= 4 is 11.9 Å². The number of amides is 1. The molecule has 1 amide bonds. The third-order valence-electron chi connectivity index (χ3n) is 3.35. The molecule has 1 aromatic heterocycles. The lowest BCUT2D eigenvalue weighted by Gasteiger charge is -2.13. The van der Waals surface area contributed by atoms with Crippen LogP contribution in [0.2, 0.25) is 0 Å². The maximum atomic E-state index is 12.0. The summed E-state index contributed by atoms with van der Waals surface area (Å²) in [5.74, 6) is -0.209. The lowest BCUT2D eigenvalue weighted by atomic mass is 10.1. The summed E-state index contributed by atoms with van der Waals surface area (Å²) in [4.78, 5) is 22.9. The number of nitrogens with one attached hydrogen (secondary N) is 1. The minimum absolute atomic E-state index is 0.0280. The third-order valence-corrected chi connectivity index (χ3v) is 3.35. The van der Waals surface area contributed by atoms with E-state index in [1.54, 1.807) is 18.4 Å². The highest BCUT2D eigenvalue weighted by Crippen LogP contribution is 2.08. The van der Waals surface area contributed by atoms with Gasteiger partial charge in [-0.3, -0.25) is 4.79 Å². The fourth-order valence-electron chi connectivity index (χ4n) is 2.21. The van der Waals surface area contributed by atoms with Crippen molar-refractivity contribution in [1.82, 2.24) is 5.32 Å². The Kier molecular flexibility index (Phi) is 5.36. The highest BCUT2D eigenvalue weighted by Gasteiger charge is 2.10. The molecular weight excluding hydrogens is 282 g/mol. The number of rotatable bonds is 7. The highest BCUT2D eigenvalue weighted by molar-refractivity contribution is 5.88. The molecule has 116 valence electrons. The summed E-state index contributed by atoms with van der Waals surface area (Å²) >= 11 is 0. The van der Waals surface area contributed by atoms with Crippen molar-refractivity contribution in [3.8, 4) is 0 Å².